The second-order valence-electron chi connectivity index (χ2n) is 8.28. The molecule has 0 bridgehead atoms. The number of rotatable bonds is 7. The average Bonchev–Trinajstić information content (AvgIpc) is 3.41. The minimum absolute atomic E-state index is 0. The lowest BCUT2D eigenvalue weighted by molar-refractivity contribution is -0.134. The Bertz CT molecular complexity index is 747. The van der Waals surface area contributed by atoms with Crippen LogP contribution in [-0.2, 0) is 16.0 Å². The van der Waals surface area contributed by atoms with Crippen LogP contribution >= 0.6 is 24.0 Å². The lowest BCUT2D eigenvalue weighted by Gasteiger charge is -2.21. The lowest BCUT2D eigenvalue weighted by Crippen LogP contribution is -2.45. The molecule has 1 aromatic rings. The molecule has 1 heterocycles. The Labute approximate surface area is 202 Å². The van der Waals surface area contributed by atoms with E-state index in [-0.39, 0.29) is 41.8 Å². The van der Waals surface area contributed by atoms with Gasteiger partial charge in [-0.25, -0.2) is 0 Å². The molecule has 2 amide bonds. The van der Waals surface area contributed by atoms with Crippen LogP contribution in [0.25, 0.3) is 0 Å². The van der Waals surface area contributed by atoms with Crippen molar-refractivity contribution < 1.29 is 9.59 Å². The van der Waals surface area contributed by atoms with Gasteiger partial charge in [-0.2, -0.15) is 0 Å². The standard InChI is InChI=1S/C23H35N5O2.HI/c1-3-24-23(25-14-12-18-8-10-20(11-9-18)26-17(2)29)27-21-13-15-28(16-21)22(30)19-6-4-5-7-19;/h8-11,19,21H,3-7,12-16H2,1-2H3,(H,26,29)(H2,24,25,27);1H. The Morgan fingerprint density at radius 2 is 1.84 bits per heavy atom. The number of hydrogen-bond donors (Lipinski definition) is 3. The maximum Gasteiger partial charge on any atom is 0.225 e. The second kappa shape index (κ2) is 12.9. The summed E-state index contributed by atoms with van der Waals surface area (Å²) in [4.78, 5) is 30.5. The highest BCUT2D eigenvalue weighted by Crippen LogP contribution is 2.27. The van der Waals surface area contributed by atoms with Gasteiger partial charge in [0.15, 0.2) is 5.96 Å². The van der Waals surface area contributed by atoms with Gasteiger partial charge >= 0.3 is 0 Å². The van der Waals surface area contributed by atoms with Gasteiger partial charge in [0.25, 0.3) is 0 Å². The van der Waals surface area contributed by atoms with Gasteiger partial charge in [0.1, 0.15) is 0 Å². The molecule has 8 heteroatoms. The molecule has 3 N–H and O–H groups in total. The van der Waals surface area contributed by atoms with Gasteiger partial charge in [0.05, 0.1) is 0 Å². The molecule has 172 valence electrons. The molecular weight excluding hydrogens is 505 g/mol. The molecule has 2 fully saturated rings. The summed E-state index contributed by atoms with van der Waals surface area (Å²) >= 11 is 0. The summed E-state index contributed by atoms with van der Waals surface area (Å²) in [6.45, 7) is 6.65. The van der Waals surface area contributed by atoms with Gasteiger partial charge in [0, 0.05) is 50.7 Å². The van der Waals surface area contributed by atoms with Crippen molar-refractivity contribution in [1.29, 1.82) is 0 Å². The molecule has 1 aromatic carbocycles. The van der Waals surface area contributed by atoms with Crippen LogP contribution in [0.4, 0.5) is 5.69 Å². The van der Waals surface area contributed by atoms with Crippen molar-refractivity contribution >= 4 is 47.4 Å². The van der Waals surface area contributed by atoms with Crippen molar-refractivity contribution in [2.45, 2.75) is 58.4 Å². The van der Waals surface area contributed by atoms with Crippen molar-refractivity contribution in [2.75, 3.05) is 31.5 Å². The van der Waals surface area contributed by atoms with Gasteiger partial charge < -0.3 is 20.9 Å². The van der Waals surface area contributed by atoms with E-state index in [9.17, 15) is 9.59 Å². The second-order valence-corrected chi connectivity index (χ2v) is 8.28. The van der Waals surface area contributed by atoms with E-state index in [0.717, 1.165) is 57.0 Å². The van der Waals surface area contributed by atoms with Gasteiger partial charge in [0.2, 0.25) is 11.8 Å². The normalized spacial score (nSPS) is 19.1. The molecule has 1 aliphatic heterocycles. The number of guanidine groups is 1. The number of carbonyl (C=O) groups is 2. The fourth-order valence-electron chi connectivity index (χ4n) is 4.28. The highest BCUT2D eigenvalue weighted by molar-refractivity contribution is 14.0. The Morgan fingerprint density at radius 1 is 1.13 bits per heavy atom. The predicted octanol–water partition coefficient (Wildman–Crippen LogP) is 3.15. The van der Waals surface area contributed by atoms with Crippen molar-refractivity contribution in [3.05, 3.63) is 29.8 Å². The van der Waals surface area contributed by atoms with Crippen LogP contribution in [-0.4, -0.2) is 54.9 Å². The number of aliphatic imine (C=N–C) groups is 1. The number of benzene rings is 1. The van der Waals surface area contributed by atoms with E-state index in [4.69, 9.17) is 4.99 Å². The summed E-state index contributed by atoms with van der Waals surface area (Å²) in [6, 6.07) is 8.12. The molecule has 1 saturated carbocycles. The largest absolute Gasteiger partial charge is 0.357 e. The number of anilines is 1. The number of carbonyl (C=O) groups excluding carboxylic acids is 2. The molecular formula is C23H36IN5O2. The molecule has 0 spiro atoms. The molecule has 1 saturated heterocycles. The Balaban J connectivity index is 0.00000341. The van der Waals surface area contributed by atoms with E-state index in [1.165, 1.54) is 25.3 Å². The van der Waals surface area contributed by atoms with Crippen LogP contribution in [0.5, 0.6) is 0 Å². The maximum absolute atomic E-state index is 12.6. The molecule has 0 radical (unpaired) electrons. The molecule has 31 heavy (non-hydrogen) atoms. The smallest absolute Gasteiger partial charge is 0.225 e. The van der Waals surface area contributed by atoms with Crippen LogP contribution in [0, 0.1) is 5.92 Å². The molecule has 1 aliphatic carbocycles. The fourth-order valence-corrected chi connectivity index (χ4v) is 4.28. The zero-order valence-corrected chi connectivity index (χ0v) is 21.0. The first-order valence-electron chi connectivity index (χ1n) is 11.3. The number of likely N-dealkylation sites (tertiary alicyclic amines) is 1. The first-order valence-corrected chi connectivity index (χ1v) is 11.3. The minimum atomic E-state index is -0.0656. The number of nitrogens with one attached hydrogen (secondary N) is 3. The zero-order chi connectivity index (χ0) is 21.3. The summed E-state index contributed by atoms with van der Waals surface area (Å²) in [5.74, 6) is 1.35. The highest BCUT2D eigenvalue weighted by Gasteiger charge is 2.32. The van der Waals surface area contributed by atoms with Gasteiger partial charge in [-0.05, 0) is 50.3 Å². The molecule has 1 atom stereocenters. The van der Waals surface area contributed by atoms with E-state index >= 15 is 0 Å². The summed E-state index contributed by atoms with van der Waals surface area (Å²) in [5.41, 5.74) is 1.99. The van der Waals surface area contributed by atoms with Gasteiger partial charge in [-0.15, -0.1) is 24.0 Å². The van der Waals surface area contributed by atoms with E-state index in [2.05, 4.69) is 22.9 Å². The third kappa shape index (κ3) is 7.97. The van der Waals surface area contributed by atoms with Crippen molar-refractivity contribution in [1.82, 2.24) is 15.5 Å². The first-order chi connectivity index (χ1) is 14.5. The monoisotopic (exact) mass is 541 g/mol. The van der Waals surface area contributed by atoms with Gasteiger partial charge in [-0.1, -0.05) is 25.0 Å². The summed E-state index contributed by atoms with van der Waals surface area (Å²) in [7, 11) is 0. The predicted molar refractivity (Wildman–Crippen MR) is 136 cm³/mol. The number of halogens is 1. The van der Waals surface area contributed by atoms with Crippen LogP contribution in [0.2, 0.25) is 0 Å². The number of nitrogens with zero attached hydrogens (tertiary/aromatic N) is 2. The van der Waals surface area contributed by atoms with Gasteiger partial charge in [-0.3, -0.25) is 14.6 Å². The van der Waals surface area contributed by atoms with E-state index in [0.29, 0.717) is 12.5 Å². The van der Waals surface area contributed by atoms with E-state index in [1.54, 1.807) is 0 Å². The van der Waals surface area contributed by atoms with Crippen molar-refractivity contribution in [3.8, 4) is 0 Å². The Hall–Kier alpha value is -1.84. The summed E-state index contributed by atoms with van der Waals surface area (Å²) in [6.07, 6.45) is 6.30. The quantitative estimate of drug-likeness (QED) is 0.281. The SMILES string of the molecule is CCNC(=NCCc1ccc(NC(C)=O)cc1)NC1CCN(C(=O)C2CCCC2)C1.I. The third-order valence-electron chi connectivity index (χ3n) is 5.83. The number of amides is 2. The van der Waals surface area contributed by atoms with E-state index in [1.807, 2.05) is 29.2 Å². The molecule has 7 nitrogen and oxygen atoms in total. The zero-order valence-electron chi connectivity index (χ0n) is 18.7. The summed E-state index contributed by atoms with van der Waals surface area (Å²) in [5, 5.41) is 9.60. The lowest BCUT2D eigenvalue weighted by atomic mass is 10.1. The van der Waals surface area contributed by atoms with Crippen LogP contribution in [0.15, 0.2) is 29.3 Å². The van der Waals surface area contributed by atoms with Crippen LogP contribution in [0.3, 0.4) is 0 Å². The van der Waals surface area contributed by atoms with Crippen molar-refractivity contribution in [2.24, 2.45) is 10.9 Å². The molecule has 3 rings (SSSR count). The average molecular weight is 541 g/mol. The van der Waals surface area contributed by atoms with Crippen LogP contribution in [0.1, 0.15) is 51.5 Å². The maximum atomic E-state index is 12.6. The third-order valence-corrected chi connectivity index (χ3v) is 5.83. The Morgan fingerprint density at radius 3 is 2.48 bits per heavy atom. The number of hydrogen-bond acceptors (Lipinski definition) is 3. The fraction of sp³-hybridized carbons (Fsp3) is 0.609. The summed E-state index contributed by atoms with van der Waals surface area (Å²) < 4.78 is 0. The van der Waals surface area contributed by atoms with E-state index < -0.39 is 0 Å². The molecule has 2 aliphatic rings. The van der Waals surface area contributed by atoms with Crippen LogP contribution < -0.4 is 16.0 Å². The minimum Gasteiger partial charge on any atom is -0.357 e. The molecule has 0 aromatic heterocycles. The first kappa shape index (κ1) is 25.4. The highest BCUT2D eigenvalue weighted by atomic mass is 127. The van der Waals surface area contributed by atoms with Crippen molar-refractivity contribution in [3.63, 3.8) is 0 Å². The topological polar surface area (TPSA) is 85.8 Å². The Kier molecular flexibility index (Phi) is 10.6. The molecule has 1 unspecified atom stereocenters.